The highest BCUT2D eigenvalue weighted by atomic mass is 35.5. The van der Waals surface area contributed by atoms with E-state index in [0.717, 1.165) is 0 Å². The summed E-state index contributed by atoms with van der Waals surface area (Å²) < 4.78 is 16.3. The van der Waals surface area contributed by atoms with Crippen molar-refractivity contribution in [3.05, 3.63) is 46.5 Å². The maximum absolute atomic E-state index is 12.8. The van der Waals surface area contributed by atoms with E-state index < -0.39 is 12.0 Å². The summed E-state index contributed by atoms with van der Waals surface area (Å²) in [7, 11) is 0. The molecule has 9 heteroatoms. The van der Waals surface area contributed by atoms with Crippen LogP contribution < -0.4 is 5.32 Å². The molecule has 2 N–H and O–H groups in total. The molecule has 0 bridgehead atoms. The average Bonchev–Trinajstić information content (AvgIpc) is 2.72. The molecule has 1 aliphatic rings. The molecule has 2 amide bonds. The van der Waals surface area contributed by atoms with Gasteiger partial charge in [0.05, 0.1) is 38.6 Å². The van der Waals surface area contributed by atoms with E-state index in [-0.39, 0.29) is 25.0 Å². The Morgan fingerprint density at radius 2 is 1.66 bits per heavy atom. The summed E-state index contributed by atoms with van der Waals surface area (Å²) in [6.07, 6.45) is -1.05. The number of carbonyl (C=O) groups excluding carboxylic acids is 2. The van der Waals surface area contributed by atoms with E-state index in [0.29, 0.717) is 53.3 Å². The monoisotopic (exact) mass is 464 g/mol. The van der Waals surface area contributed by atoms with E-state index in [1.165, 1.54) is 4.90 Å². The predicted molar refractivity (Wildman–Crippen MR) is 121 cm³/mol. The molecular weight excluding hydrogens is 436 g/mol. The Morgan fingerprint density at radius 3 is 2.34 bits per heavy atom. The Kier molecular flexibility index (Phi) is 8.21. The number of nitrogens with zero attached hydrogens (tertiary/aromatic N) is 1. The van der Waals surface area contributed by atoms with Gasteiger partial charge in [0.2, 0.25) is 6.41 Å². The van der Waals surface area contributed by atoms with Crippen LogP contribution in [0.25, 0.3) is 10.8 Å². The zero-order valence-electron chi connectivity index (χ0n) is 18.5. The smallest absolute Gasteiger partial charge is 0.261 e. The van der Waals surface area contributed by atoms with Gasteiger partial charge in [0.1, 0.15) is 0 Å². The topological polar surface area (TPSA) is 97.3 Å². The molecule has 32 heavy (non-hydrogen) atoms. The number of hydrogen-bond acceptors (Lipinski definition) is 7. The maximum Gasteiger partial charge on any atom is 0.261 e. The number of ether oxygens (including phenoxy) is 3. The first-order chi connectivity index (χ1) is 15.2. The van der Waals surface area contributed by atoms with Crippen molar-refractivity contribution in [3.63, 3.8) is 0 Å². The Bertz CT molecular complexity index is 953. The van der Waals surface area contributed by atoms with Crippen molar-refractivity contribution < 1.29 is 28.9 Å². The number of hydrogen-bond donors (Lipinski definition) is 2. The summed E-state index contributed by atoms with van der Waals surface area (Å²) in [5.41, 5.74) is 0.487. The molecule has 0 fully saturated rings. The van der Waals surface area contributed by atoms with Gasteiger partial charge in [-0.05, 0) is 39.0 Å². The summed E-state index contributed by atoms with van der Waals surface area (Å²) in [5.74, 6) is -0.699. The minimum Gasteiger partial charge on any atom is -0.378 e. The molecule has 1 unspecified atom stereocenters. The second kappa shape index (κ2) is 10.7. The molecule has 2 aromatic carbocycles. The van der Waals surface area contributed by atoms with Gasteiger partial charge in [0.25, 0.3) is 11.8 Å². The Labute approximate surface area is 192 Å². The maximum atomic E-state index is 12.8. The first kappa shape index (κ1) is 24.6. The molecule has 1 aliphatic heterocycles. The zero-order chi connectivity index (χ0) is 23.3. The largest absolute Gasteiger partial charge is 0.378 e. The van der Waals surface area contributed by atoms with Crippen molar-refractivity contribution >= 4 is 34.2 Å². The van der Waals surface area contributed by atoms with E-state index in [4.69, 9.17) is 25.8 Å². The van der Waals surface area contributed by atoms with Crippen molar-refractivity contribution in [2.24, 2.45) is 0 Å². The molecule has 0 spiro atoms. The highest BCUT2D eigenvalue weighted by Gasteiger charge is 2.32. The van der Waals surface area contributed by atoms with Crippen LogP contribution in [-0.2, 0) is 14.2 Å². The molecule has 3 rings (SSSR count). The second-order valence-electron chi connectivity index (χ2n) is 8.35. The SMILES string of the molecule is CC(C)(C)OC(O)NCCOCCOCCN1C(=O)c2cccc3c(Cl)ccc(c23)C1=O. The van der Waals surface area contributed by atoms with Crippen molar-refractivity contribution in [1.29, 1.82) is 0 Å². The molecule has 0 radical (unpaired) electrons. The minimum absolute atomic E-state index is 0.147. The number of carbonyl (C=O) groups is 2. The van der Waals surface area contributed by atoms with Gasteiger partial charge in [-0.3, -0.25) is 19.8 Å². The summed E-state index contributed by atoms with van der Waals surface area (Å²) >= 11 is 6.23. The fourth-order valence-corrected chi connectivity index (χ4v) is 3.64. The molecule has 0 aliphatic carbocycles. The number of imide groups is 1. The van der Waals surface area contributed by atoms with Crippen LogP contribution in [0.15, 0.2) is 30.3 Å². The van der Waals surface area contributed by atoms with Crippen LogP contribution in [0.4, 0.5) is 0 Å². The van der Waals surface area contributed by atoms with Gasteiger partial charge in [0.15, 0.2) is 0 Å². The van der Waals surface area contributed by atoms with E-state index in [2.05, 4.69) is 5.32 Å². The molecule has 2 aromatic rings. The zero-order valence-corrected chi connectivity index (χ0v) is 19.3. The summed E-state index contributed by atoms with van der Waals surface area (Å²) in [5, 5.41) is 14.3. The molecule has 0 aromatic heterocycles. The van der Waals surface area contributed by atoms with Crippen LogP contribution in [0.5, 0.6) is 0 Å². The number of benzene rings is 2. The fourth-order valence-electron chi connectivity index (χ4n) is 3.42. The molecule has 174 valence electrons. The number of halogens is 1. The number of nitrogens with one attached hydrogen (secondary N) is 1. The van der Waals surface area contributed by atoms with E-state index >= 15 is 0 Å². The third-order valence-electron chi connectivity index (χ3n) is 4.80. The number of aliphatic hydroxyl groups is 1. The van der Waals surface area contributed by atoms with Crippen molar-refractivity contribution in [1.82, 2.24) is 10.2 Å². The third kappa shape index (κ3) is 6.04. The first-order valence-electron chi connectivity index (χ1n) is 10.5. The summed E-state index contributed by atoms with van der Waals surface area (Å²) in [6, 6.07) is 8.60. The quantitative estimate of drug-likeness (QED) is 0.300. The van der Waals surface area contributed by atoms with Gasteiger partial charge in [-0.25, -0.2) is 0 Å². The lowest BCUT2D eigenvalue weighted by atomic mass is 9.94. The number of amides is 2. The fraction of sp³-hybridized carbons (Fsp3) is 0.478. The van der Waals surface area contributed by atoms with Crippen molar-refractivity contribution in [2.75, 3.05) is 39.5 Å². The Hall–Kier alpha value is -2.07. The van der Waals surface area contributed by atoms with Gasteiger partial charge >= 0.3 is 0 Å². The molecule has 1 heterocycles. The standard InChI is InChI=1S/C23H29ClN2O6/c1-23(2,3)32-22(29)25-9-11-30-13-14-31-12-10-26-20(27)16-6-4-5-15-18(24)8-7-17(19(15)16)21(26)28/h4-8,22,25,29H,9-14H2,1-3H3. The number of aliphatic hydroxyl groups excluding tert-OH is 1. The van der Waals surface area contributed by atoms with Crippen LogP contribution in [0.2, 0.25) is 5.02 Å². The lowest BCUT2D eigenvalue weighted by Gasteiger charge is -2.27. The van der Waals surface area contributed by atoms with Gasteiger partial charge in [-0.1, -0.05) is 23.7 Å². The van der Waals surface area contributed by atoms with Gasteiger partial charge in [0, 0.05) is 33.5 Å². The van der Waals surface area contributed by atoms with Crippen molar-refractivity contribution in [3.8, 4) is 0 Å². The molecular formula is C23H29ClN2O6. The third-order valence-corrected chi connectivity index (χ3v) is 5.13. The van der Waals surface area contributed by atoms with Crippen LogP contribution in [0, 0.1) is 0 Å². The lowest BCUT2D eigenvalue weighted by molar-refractivity contribution is -0.182. The molecule has 0 saturated carbocycles. The van der Waals surface area contributed by atoms with Crippen LogP contribution in [0.3, 0.4) is 0 Å². The van der Waals surface area contributed by atoms with Crippen molar-refractivity contribution in [2.45, 2.75) is 32.8 Å². The predicted octanol–water partition coefficient (Wildman–Crippen LogP) is 2.80. The summed E-state index contributed by atoms with van der Waals surface area (Å²) in [4.78, 5) is 26.9. The lowest BCUT2D eigenvalue weighted by Crippen LogP contribution is -2.42. The van der Waals surface area contributed by atoms with Gasteiger partial charge < -0.3 is 19.3 Å². The summed E-state index contributed by atoms with van der Waals surface area (Å²) in [6.45, 7) is 7.37. The van der Waals surface area contributed by atoms with E-state index in [9.17, 15) is 14.7 Å². The number of rotatable bonds is 11. The van der Waals surface area contributed by atoms with Crippen LogP contribution in [-0.4, -0.2) is 73.4 Å². The highest BCUT2D eigenvalue weighted by molar-refractivity contribution is 6.38. The van der Waals surface area contributed by atoms with E-state index in [1.807, 2.05) is 20.8 Å². The molecule has 8 nitrogen and oxygen atoms in total. The Morgan fingerprint density at radius 1 is 1.00 bits per heavy atom. The van der Waals surface area contributed by atoms with Crippen LogP contribution in [0.1, 0.15) is 41.5 Å². The Balaban J connectivity index is 1.39. The first-order valence-corrected chi connectivity index (χ1v) is 10.9. The van der Waals surface area contributed by atoms with Crippen LogP contribution >= 0.6 is 11.6 Å². The minimum atomic E-state index is -1.05. The highest BCUT2D eigenvalue weighted by Crippen LogP contribution is 2.33. The second-order valence-corrected chi connectivity index (χ2v) is 8.75. The molecule has 0 saturated heterocycles. The van der Waals surface area contributed by atoms with Gasteiger partial charge in [-0.15, -0.1) is 0 Å². The van der Waals surface area contributed by atoms with Gasteiger partial charge in [-0.2, -0.15) is 0 Å². The van der Waals surface area contributed by atoms with E-state index in [1.54, 1.807) is 30.3 Å². The normalized spacial score (nSPS) is 15.0. The molecule has 1 atom stereocenters. The average molecular weight is 465 g/mol.